The number of fused-ring (bicyclic) bond motifs is 1. The fourth-order valence-electron chi connectivity index (χ4n) is 2.43. The van der Waals surface area contributed by atoms with Gasteiger partial charge in [-0.3, -0.25) is 4.79 Å². The third kappa shape index (κ3) is 2.44. The van der Waals surface area contributed by atoms with Gasteiger partial charge in [-0.05, 0) is 12.1 Å². The van der Waals surface area contributed by atoms with Crippen LogP contribution in [0.25, 0.3) is 0 Å². The fourth-order valence-corrected chi connectivity index (χ4v) is 2.43. The van der Waals surface area contributed by atoms with Crippen LogP contribution in [-0.4, -0.2) is 61.5 Å². The summed E-state index contributed by atoms with van der Waals surface area (Å²) >= 11 is 0. The van der Waals surface area contributed by atoms with Crippen LogP contribution in [0, 0.1) is 0 Å². The summed E-state index contributed by atoms with van der Waals surface area (Å²) in [6.07, 6.45) is -0.315. The Hall–Kier alpha value is -1.79. The Kier molecular flexibility index (Phi) is 3.75. The highest BCUT2D eigenvalue weighted by molar-refractivity contribution is 5.98. The molecule has 0 aromatic heterocycles. The molecule has 0 bridgehead atoms. The number of aliphatic hydroxyl groups is 1. The Morgan fingerprint density at radius 3 is 3.00 bits per heavy atom. The molecule has 108 valence electrons. The van der Waals surface area contributed by atoms with Crippen LogP contribution >= 0.6 is 0 Å². The van der Waals surface area contributed by atoms with Crippen LogP contribution in [0.15, 0.2) is 18.2 Å². The molecule has 1 unspecified atom stereocenters. The number of benzene rings is 1. The normalized spacial score (nSPS) is 21.6. The van der Waals surface area contributed by atoms with Crippen LogP contribution in [0.3, 0.4) is 0 Å². The van der Waals surface area contributed by atoms with Crippen LogP contribution in [0.5, 0.6) is 11.5 Å². The molecule has 2 heterocycles. The molecular weight excluding hydrogens is 262 g/mol. The third-order valence-electron chi connectivity index (χ3n) is 3.43. The molecule has 1 amide bonds. The average Bonchev–Trinajstić information content (AvgIpc) is 2.53. The van der Waals surface area contributed by atoms with Crippen molar-refractivity contribution in [1.29, 1.82) is 0 Å². The third-order valence-corrected chi connectivity index (χ3v) is 3.43. The summed E-state index contributed by atoms with van der Waals surface area (Å²) in [6, 6.07) is 5.31. The summed E-state index contributed by atoms with van der Waals surface area (Å²) in [5.41, 5.74) is 0.501. The number of morpholine rings is 1. The molecule has 1 atom stereocenters. The molecule has 6 heteroatoms. The van der Waals surface area contributed by atoms with Crippen molar-refractivity contribution in [2.24, 2.45) is 0 Å². The first-order valence-corrected chi connectivity index (χ1v) is 6.70. The number of rotatable bonds is 2. The number of para-hydroxylation sites is 1. The van der Waals surface area contributed by atoms with E-state index in [-0.39, 0.29) is 18.6 Å². The Bertz CT molecular complexity index is 504. The van der Waals surface area contributed by atoms with Gasteiger partial charge in [-0.25, -0.2) is 0 Å². The summed E-state index contributed by atoms with van der Waals surface area (Å²) in [6.45, 7) is 2.19. The van der Waals surface area contributed by atoms with Gasteiger partial charge < -0.3 is 24.2 Å². The van der Waals surface area contributed by atoms with Crippen LogP contribution in [0.4, 0.5) is 0 Å². The number of nitrogens with zero attached hydrogens (tertiary/aromatic N) is 1. The summed E-state index contributed by atoms with van der Waals surface area (Å²) in [4.78, 5) is 14.3. The minimum Gasteiger partial charge on any atom is -0.486 e. The maximum atomic E-state index is 12.6. The molecule has 2 aliphatic rings. The van der Waals surface area contributed by atoms with Crippen molar-refractivity contribution < 1.29 is 24.1 Å². The van der Waals surface area contributed by atoms with Crippen molar-refractivity contribution in [3.8, 4) is 11.5 Å². The molecule has 0 saturated carbocycles. The first-order chi connectivity index (χ1) is 9.79. The molecule has 1 aromatic carbocycles. The first-order valence-electron chi connectivity index (χ1n) is 6.70. The van der Waals surface area contributed by atoms with Gasteiger partial charge in [0.05, 0.1) is 24.9 Å². The Morgan fingerprint density at radius 2 is 2.15 bits per heavy atom. The van der Waals surface area contributed by atoms with Crippen LogP contribution < -0.4 is 9.47 Å². The van der Waals surface area contributed by atoms with E-state index >= 15 is 0 Å². The minimum absolute atomic E-state index is 0.0870. The zero-order valence-corrected chi connectivity index (χ0v) is 11.1. The lowest BCUT2D eigenvalue weighted by Crippen LogP contribution is -2.47. The first kappa shape index (κ1) is 13.2. The maximum absolute atomic E-state index is 12.6. The highest BCUT2D eigenvalue weighted by atomic mass is 16.6. The molecular formula is C14H17NO5. The quantitative estimate of drug-likeness (QED) is 0.843. The molecule has 0 aliphatic carbocycles. The number of hydrogen-bond acceptors (Lipinski definition) is 5. The number of aliphatic hydroxyl groups excluding tert-OH is 1. The van der Waals surface area contributed by atoms with E-state index in [4.69, 9.17) is 19.3 Å². The number of amides is 1. The van der Waals surface area contributed by atoms with Gasteiger partial charge in [0.25, 0.3) is 5.91 Å². The summed E-state index contributed by atoms with van der Waals surface area (Å²) < 4.78 is 16.4. The predicted octanol–water partition coefficient (Wildman–Crippen LogP) is 0.291. The van der Waals surface area contributed by atoms with E-state index < -0.39 is 0 Å². The van der Waals surface area contributed by atoms with Crippen LogP contribution in [-0.2, 0) is 4.74 Å². The summed E-state index contributed by atoms with van der Waals surface area (Å²) in [5.74, 6) is 0.999. The van der Waals surface area contributed by atoms with E-state index in [0.717, 1.165) is 0 Å². The van der Waals surface area contributed by atoms with Crippen LogP contribution in [0.1, 0.15) is 10.4 Å². The van der Waals surface area contributed by atoms with Gasteiger partial charge in [0.15, 0.2) is 11.5 Å². The fraction of sp³-hybridized carbons (Fsp3) is 0.500. The molecule has 0 radical (unpaired) electrons. The van der Waals surface area contributed by atoms with Gasteiger partial charge in [-0.2, -0.15) is 0 Å². The average molecular weight is 279 g/mol. The van der Waals surface area contributed by atoms with Gasteiger partial charge in [0, 0.05) is 13.1 Å². The largest absolute Gasteiger partial charge is 0.486 e. The number of carbonyl (C=O) groups excluding carboxylic acids is 1. The van der Waals surface area contributed by atoms with Crippen molar-refractivity contribution in [1.82, 2.24) is 4.90 Å². The van der Waals surface area contributed by atoms with E-state index in [9.17, 15) is 4.79 Å². The zero-order valence-electron chi connectivity index (χ0n) is 11.1. The van der Waals surface area contributed by atoms with E-state index in [1.807, 2.05) is 0 Å². The zero-order chi connectivity index (χ0) is 13.9. The van der Waals surface area contributed by atoms with Gasteiger partial charge in [0.2, 0.25) is 0 Å². The summed E-state index contributed by atoms with van der Waals surface area (Å²) in [5, 5.41) is 9.15. The molecule has 1 N–H and O–H groups in total. The Balaban J connectivity index is 1.83. The lowest BCUT2D eigenvalue weighted by molar-refractivity contribution is -0.0448. The van der Waals surface area contributed by atoms with Crippen molar-refractivity contribution in [3.63, 3.8) is 0 Å². The van der Waals surface area contributed by atoms with Crippen molar-refractivity contribution >= 4 is 5.91 Å². The second-order valence-corrected chi connectivity index (χ2v) is 4.76. The predicted molar refractivity (Wildman–Crippen MR) is 70.2 cm³/mol. The van der Waals surface area contributed by atoms with Gasteiger partial charge in [0.1, 0.15) is 13.2 Å². The summed E-state index contributed by atoms with van der Waals surface area (Å²) in [7, 11) is 0. The monoisotopic (exact) mass is 279 g/mol. The number of carbonyl (C=O) groups is 1. The van der Waals surface area contributed by atoms with E-state index in [2.05, 4.69) is 0 Å². The Morgan fingerprint density at radius 1 is 1.30 bits per heavy atom. The standard InChI is InChI=1S/C14H17NO5/c16-9-10-8-15(4-5-18-10)14(17)11-2-1-3-12-13(11)20-7-6-19-12/h1-3,10,16H,4-9H2. The second kappa shape index (κ2) is 5.68. The topological polar surface area (TPSA) is 68.2 Å². The second-order valence-electron chi connectivity index (χ2n) is 4.76. The molecule has 0 spiro atoms. The SMILES string of the molecule is O=C(c1cccc2c1OCCO2)N1CCOC(CO)C1. The van der Waals surface area contributed by atoms with Gasteiger partial charge in [-0.1, -0.05) is 6.07 Å². The van der Waals surface area contributed by atoms with Gasteiger partial charge >= 0.3 is 0 Å². The van der Waals surface area contributed by atoms with Crippen molar-refractivity contribution in [3.05, 3.63) is 23.8 Å². The van der Waals surface area contributed by atoms with E-state index in [0.29, 0.717) is 50.0 Å². The van der Waals surface area contributed by atoms with Crippen molar-refractivity contribution in [2.75, 3.05) is 39.5 Å². The molecule has 1 aromatic rings. The molecule has 6 nitrogen and oxygen atoms in total. The van der Waals surface area contributed by atoms with Crippen LogP contribution in [0.2, 0.25) is 0 Å². The van der Waals surface area contributed by atoms with Crippen molar-refractivity contribution in [2.45, 2.75) is 6.10 Å². The molecule has 3 rings (SSSR count). The number of hydrogen-bond donors (Lipinski definition) is 1. The highest BCUT2D eigenvalue weighted by Crippen LogP contribution is 2.34. The Labute approximate surface area is 116 Å². The van der Waals surface area contributed by atoms with Gasteiger partial charge in [-0.15, -0.1) is 0 Å². The highest BCUT2D eigenvalue weighted by Gasteiger charge is 2.28. The maximum Gasteiger partial charge on any atom is 0.257 e. The molecule has 2 aliphatic heterocycles. The molecule has 1 fully saturated rings. The molecule has 20 heavy (non-hydrogen) atoms. The lowest BCUT2D eigenvalue weighted by Gasteiger charge is -2.32. The smallest absolute Gasteiger partial charge is 0.257 e. The molecule has 1 saturated heterocycles. The number of ether oxygens (including phenoxy) is 3. The minimum atomic E-state index is -0.315. The lowest BCUT2D eigenvalue weighted by atomic mass is 10.1. The van der Waals surface area contributed by atoms with E-state index in [1.165, 1.54) is 0 Å². The van der Waals surface area contributed by atoms with E-state index in [1.54, 1.807) is 23.1 Å².